The van der Waals surface area contributed by atoms with Crippen molar-refractivity contribution < 1.29 is 5.11 Å². The second-order valence-electron chi connectivity index (χ2n) is 3.21. The van der Waals surface area contributed by atoms with Gasteiger partial charge in [-0.05, 0) is 12.7 Å². The third-order valence-electron chi connectivity index (χ3n) is 1.91. The van der Waals surface area contributed by atoms with Crippen molar-refractivity contribution >= 4 is 11.8 Å². The molecule has 4 nitrogen and oxygen atoms in total. The molecule has 0 amide bonds. The fourth-order valence-corrected chi connectivity index (χ4v) is 1.81. The Balaban J connectivity index is 2.52. The Hall–Kier alpha value is -0.550. The first-order chi connectivity index (χ1) is 6.77. The second kappa shape index (κ2) is 6.03. The fourth-order valence-electron chi connectivity index (χ4n) is 1.31. The maximum absolute atomic E-state index is 9.61. The van der Waals surface area contributed by atoms with Crippen LogP contribution in [-0.2, 0) is 13.0 Å². The maximum Gasteiger partial charge on any atom is 0.138 e. The minimum absolute atomic E-state index is 0.315. The van der Waals surface area contributed by atoms with Crippen LogP contribution in [0.2, 0.25) is 0 Å². The molecule has 1 atom stereocenters. The normalized spacial score (nSPS) is 13.1. The van der Waals surface area contributed by atoms with Gasteiger partial charge in [-0.15, -0.1) is 0 Å². The topological polar surface area (TPSA) is 50.9 Å². The number of hydrogen-bond donors (Lipinski definition) is 1. The van der Waals surface area contributed by atoms with Gasteiger partial charge in [-0.1, -0.05) is 6.92 Å². The Kier molecular flexibility index (Phi) is 4.97. The zero-order valence-electron chi connectivity index (χ0n) is 8.68. The van der Waals surface area contributed by atoms with Gasteiger partial charge in [0.2, 0.25) is 0 Å². The van der Waals surface area contributed by atoms with Crippen molar-refractivity contribution in [3.8, 4) is 0 Å². The smallest absolute Gasteiger partial charge is 0.138 e. The molecule has 1 aromatic heterocycles. The Morgan fingerprint density at radius 2 is 2.43 bits per heavy atom. The van der Waals surface area contributed by atoms with E-state index in [1.807, 2.05) is 10.9 Å². The van der Waals surface area contributed by atoms with Crippen LogP contribution in [0.3, 0.4) is 0 Å². The van der Waals surface area contributed by atoms with E-state index in [0.717, 1.165) is 24.5 Å². The molecule has 0 aliphatic carbocycles. The molecule has 5 heteroatoms. The lowest BCUT2D eigenvalue weighted by Crippen LogP contribution is -2.17. The molecule has 0 radical (unpaired) electrons. The van der Waals surface area contributed by atoms with Crippen LogP contribution < -0.4 is 0 Å². The van der Waals surface area contributed by atoms with Crippen molar-refractivity contribution in [1.82, 2.24) is 14.8 Å². The summed E-state index contributed by atoms with van der Waals surface area (Å²) in [6.07, 6.45) is 4.86. The summed E-state index contributed by atoms with van der Waals surface area (Å²) in [4.78, 5) is 4.14. The highest BCUT2D eigenvalue weighted by Crippen LogP contribution is 2.04. The maximum atomic E-state index is 9.61. The molecule has 0 bridgehead atoms. The van der Waals surface area contributed by atoms with Crippen LogP contribution in [0.4, 0.5) is 0 Å². The zero-order valence-corrected chi connectivity index (χ0v) is 9.50. The van der Waals surface area contributed by atoms with Crippen LogP contribution in [-0.4, -0.2) is 38.0 Å². The van der Waals surface area contributed by atoms with Gasteiger partial charge in [0.25, 0.3) is 0 Å². The van der Waals surface area contributed by atoms with Gasteiger partial charge in [-0.25, -0.2) is 4.98 Å². The highest BCUT2D eigenvalue weighted by atomic mass is 32.2. The highest BCUT2D eigenvalue weighted by molar-refractivity contribution is 7.98. The lowest BCUT2D eigenvalue weighted by Gasteiger charge is -2.09. The van der Waals surface area contributed by atoms with Crippen LogP contribution >= 0.6 is 11.8 Å². The van der Waals surface area contributed by atoms with Gasteiger partial charge in [0.15, 0.2) is 0 Å². The lowest BCUT2D eigenvalue weighted by molar-refractivity contribution is 0.195. The Morgan fingerprint density at radius 1 is 1.64 bits per heavy atom. The molecule has 0 aliphatic heterocycles. The van der Waals surface area contributed by atoms with E-state index in [-0.39, 0.29) is 6.10 Å². The Bertz CT molecular complexity index is 264. The molecule has 0 saturated carbocycles. The second-order valence-corrected chi connectivity index (χ2v) is 4.12. The van der Waals surface area contributed by atoms with Gasteiger partial charge in [0, 0.05) is 18.7 Å². The van der Waals surface area contributed by atoms with Gasteiger partial charge < -0.3 is 5.11 Å². The highest BCUT2D eigenvalue weighted by Gasteiger charge is 2.09. The predicted molar refractivity (Wildman–Crippen MR) is 58.4 cm³/mol. The standard InChI is InChI=1S/C9H17N3OS/c1-3-4-12-9(10-7-11-12)5-8(13)6-14-2/h7-8,13H,3-6H2,1-2H3. The molecule has 0 saturated heterocycles. The third-order valence-corrected chi connectivity index (χ3v) is 2.63. The van der Waals surface area contributed by atoms with Crippen LogP contribution in [0.5, 0.6) is 0 Å². The summed E-state index contributed by atoms with van der Waals surface area (Å²) >= 11 is 1.64. The minimum Gasteiger partial charge on any atom is -0.392 e. The van der Waals surface area contributed by atoms with Crippen molar-refractivity contribution in [2.45, 2.75) is 32.4 Å². The van der Waals surface area contributed by atoms with Crippen LogP contribution in [0.15, 0.2) is 6.33 Å². The van der Waals surface area contributed by atoms with Crippen molar-refractivity contribution in [2.24, 2.45) is 0 Å². The van der Waals surface area contributed by atoms with Crippen LogP contribution in [0.25, 0.3) is 0 Å². The van der Waals surface area contributed by atoms with E-state index < -0.39 is 0 Å². The SMILES string of the molecule is CCCn1ncnc1CC(O)CSC. The van der Waals surface area contributed by atoms with E-state index in [1.54, 1.807) is 18.1 Å². The molecule has 0 fully saturated rings. The summed E-state index contributed by atoms with van der Waals surface area (Å²) in [5.74, 6) is 1.63. The molecule has 1 unspecified atom stereocenters. The van der Waals surface area contributed by atoms with Gasteiger partial charge in [0.05, 0.1) is 6.10 Å². The first kappa shape index (κ1) is 11.5. The molecule has 80 valence electrons. The molecule has 1 N–H and O–H groups in total. The van der Waals surface area contributed by atoms with Crippen molar-refractivity contribution in [3.63, 3.8) is 0 Å². The van der Waals surface area contributed by atoms with E-state index in [2.05, 4.69) is 17.0 Å². The third kappa shape index (κ3) is 3.31. The number of hydrogen-bond acceptors (Lipinski definition) is 4. The summed E-state index contributed by atoms with van der Waals surface area (Å²) < 4.78 is 1.86. The van der Waals surface area contributed by atoms with Crippen molar-refractivity contribution in [1.29, 1.82) is 0 Å². The van der Waals surface area contributed by atoms with E-state index in [9.17, 15) is 5.11 Å². The van der Waals surface area contributed by atoms with Gasteiger partial charge in [-0.2, -0.15) is 16.9 Å². The number of nitrogens with zero attached hydrogens (tertiary/aromatic N) is 3. The van der Waals surface area contributed by atoms with Crippen LogP contribution in [0.1, 0.15) is 19.2 Å². The first-order valence-corrected chi connectivity index (χ1v) is 6.21. The summed E-state index contributed by atoms with van der Waals surface area (Å²) in [7, 11) is 0. The molecule has 0 aliphatic rings. The molecule has 1 heterocycles. The molecule has 14 heavy (non-hydrogen) atoms. The summed E-state index contributed by atoms with van der Waals surface area (Å²) in [6.45, 7) is 2.98. The quantitative estimate of drug-likeness (QED) is 0.768. The van der Waals surface area contributed by atoms with Crippen molar-refractivity contribution in [2.75, 3.05) is 12.0 Å². The van der Waals surface area contributed by atoms with Crippen molar-refractivity contribution in [3.05, 3.63) is 12.2 Å². The number of thioether (sulfide) groups is 1. The van der Waals surface area contributed by atoms with Crippen LogP contribution in [0, 0.1) is 0 Å². The van der Waals surface area contributed by atoms with Gasteiger partial charge in [-0.3, -0.25) is 4.68 Å². The predicted octanol–water partition coefficient (Wildman–Crippen LogP) is 0.955. The molecule has 1 aromatic rings. The molecule has 0 spiro atoms. The fraction of sp³-hybridized carbons (Fsp3) is 0.778. The average Bonchev–Trinajstić information content (AvgIpc) is 2.54. The largest absolute Gasteiger partial charge is 0.392 e. The molecule has 0 aromatic carbocycles. The average molecular weight is 215 g/mol. The summed E-state index contributed by atoms with van der Waals surface area (Å²) in [6, 6.07) is 0. The van der Waals surface area contributed by atoms with Gasteiger partial charge >= 0.3 is 0 Å². The Labute approximate surface area is 88.7 Å². The number of aliphatic hydroxyl groups is 1. The number of aryl methyl sites for hydroxylation is 1. The van der Waals surface area contributed by atoms with E-state index in [4.69, 9.17) is 0 Å². The van der Waals surface area contributed by atoms with E-state index in [1.165, 1.54) is 0 Å². The van der Waals surface area contributed by atoms with E-state index in [0.29, 0.717) is 6.42 Å². The number of rotatable bonds is 6. The monoisotopic (exact) mass is 215 g/mol. The minimum atomic E-state index is -0.315. The zero-order chi connectivity index (χ0) is 10.4. The van der Waals surface area contributed by atoms with Gasteiger partial charge in [0.1, 0.15) is 12.2 Å². The summed E-state index contributed by atoms with van der Waals surface area (Å²) in [5, 5.41) is 13.7. The first-order valence-electron chi connectivity index (χ1n) is 4.81. The molecular formula is C9H17N3OS. The molecular weight excluding hydrogens is 198 g/mol. The molecule has 1 rings (SSSR count). The lowest BCUT2D eigenvalue weighted by atomic mass is 10.3. The number of aliphatic hydroxyl groups excluding tert-OH is 1. The number of aromatic nitrogens is 3. The van der Waals surface area contributed by atoms with E-state index >= 15 is 0 Å². The Morgan fingerprint density at radius 3 is 3.07 bits per heavy atom. The summed E-state index contributed by atoms with van der Waals surface area (Å²) in [5.41, 5.74) is 0.